The smallest absolute Gasteiger partial charge is 0.270 e. The first-order valence-electron chi connectivity index (χ1n) is 10.2. The number of methoxy groups -OCH3 is 2. The highest BCUT2D eigenvalue weighted by atomic mass is 16.6. The maximum atomic E-state index is 12.7. The lowest BCUT2D eigenvalue weighted by Gasteiger charge is -2.09. The maximum absolute atomic E-state index is 12.7. The number of aryl methyl sites for hydroxylation is 1. The van der Waals surface area contributed by atoms with Crippen LogP contribution in [0.15, 0.2) is 59.8 Å². The standard InChI is InChI=1S/C24H24N4O4/c1-15-26-20(21-13-23(32-28-21)17-6-10-19(31-3)11-7-17)12-22(27-15)24(29)25-14-16-4-8-18(30-2)9-5-16/h4-12,23H,13-14H2,1-3H3,(H,25,29). The molecule has 1 aromatic heterocycles. The molecule has 0 spiro atoms. The Morgan fingerprint density at radius 3 is 2.34 bits per heavy atom. The minimum Gasteiger partial charge on any atom is -0.497 e. The molecule has 8 nitrogen and oxygen atoms in total. The lowest BCUT2D eigenvalue weighted by molar-refractivity contribution is 0.0857. The van der Waals surface area contributed by atoms with Crippen LogP contribution in [0, 0.1) is 6.92 Å². The Labute approximate surface area is 186 Å². The summed E-state index contributed by atoms with van der Waals surface area (Å²) in [5.41, 5.74) is 3.51. The summed E-state index contributed by atoms with van der Waals surface area (Å²) in [6.07, 6.45) is 0.342. The SMILES string of the molecule is COc1ccc(CNC(=O)c2cc(C3=NOC(c4ccc(OC)cc4)C3)nc(C)n2)cc1. The summed E-state index contributed by atoms with van der Waals surface area (Å²) < 4.78 is 10.4. The fourth-order valence-corrected chi connectivity index (χ4v) is 3.37. The number of benzene rings is 2. The van der Waals surface area contributed by atoms with Crippen LogP contribution < -0.4 is 14.8 Å². The van der Waals surface area contributed by atoms with E-state index in [1.54, 1.807) is 27.2 Å². The summed E-state index contributed by atoms with van der Waals surface area (Å²) in [5, 5.41) is 7.10. The summed E-state index contributed by atoms with van der Waals surface area (Å²) in [4.78, 5) is 27.1. The zero-order valence-electron chi connectivity index (χ0n) is 18.2. The van der Waals surface area contributed by atoms with E-state index >= 15 is 0 Å². The molecule has 0 fully saturated rings. The molecule has 1 unspecified atom stereocenters. The molecule has 164 valence electrons. The van der Waals surface area contributed by atoms with E-state index in [1.807, 2.05) is 48.5 Å². The number of oxime groups is 1. The summed E-state index contributed by atoms with van der Waals surface area (Å²) in [7, 11) is 3.25. The van der Waals surface area contributed by atoms with Crippen LogP contribution in [0.2, 0.25) is 0 Å². The van der Waals surface area contributed by atoms with Crippen LogP contribution in [0.3, 0.4) is 0 Å². The minimum absolute atomic E-state index is 0.210. The lowest BCUT2D eigenvalue weighted by Crippen LogP contribution is -2.25. The van der Waals surface area contributed by atoms with E-state index in [0.29, 0.717) is 30.2 Å². The number of aromatic nitrogens is 2. The van der Waals surface area contributed by atoms with Gasteiger partial charge in [-0.15, -0.1) is 0 Å². The van der Waals surface area contributed by atoms with Crippen molar-refractivity contribution < 1.29 is 19.1 Å². The molecule has 0 saturated heterocycles. The number of carbonyl (C=O) groups is 1. The summed E-state index contributed by atoms with van der Waals surface area (Å²) in [5.74, 6) is 1.76. The van der Waals surface area contributed by atoms with Crippen molar-refractivity contribution in [1.82, 2.24) is 15.3 Å². The molecule has 1 N–H and O–H groups in total. The van der Waals surface area contributed by atoms with Crippen LogP contribution in [0.25, 0.3) is 0 Å². The lowest BCUT2D eigenvalue weighted by atomic mass is 10.0. The third kappa shape index (κ3) is 4.85. The third-order valence-corrected chi connectivity index (χ3v) is 5.13. The Balaban J connectivity index is 1.43. The molecule has 0 radical (unpaired) electrons. The van der Waals surface area contributed by atoms with E-state index in [0.717, 1.165) is 22.6 Å². The second-order valence-corrected chi connectivity index (χ2v) is 7.33. The van der Waals surface area contributed by atoms with Crippen LogP contribution in [0.4, 0.5) is 0 Å². The Kier molecular flexibility index (Phi) is 6.30. The van der Waals surface area contributed by atoms with E-state index in [4.69, 9.17) is 14.3 Å². The van der Waals surface area contributed by atoms with Crippen LogP contribution in [0.5, 0.6) is 11.5 Å². The average molecular weight is 432 g/mol. The predicted molar refractivity (Wildman–Crippen MR) is 119 cm³/mol. The molecule has 2 aromatic carbocycles. The van der Waals surface area contributed by atoms with Gasteiger partial charge >= 0.3 is 0 Å². The molecule has 1 aliphatic rings. The Bertz CT molecular complexity index is 1130. The molecule has 32 heavy (non-hydrogen) atoms. The zero-order valence-corrected chi connectivity index (χ0v) is 18.2. The van der Waals surface area contributed by atoms with Gasteiger partial charge in [-0.25, -0.2) is 9.97 Å². The number of carbonyl (C=O) groups excluding carboxylic acids is 1. The van der Waals surface area contributed by atoms with Crippen molar-refractivity contribution in [3.8, 4) is 11.5 Å². The Morgan fingerprint density at radius 2 is 1.69 bits per heavy atom. The molecular formula is C24H24N4O4. The van der Waals surface area contributed by atoms with Gasteiger partial charge in [0.15, 0.2) is 6.10 Å². The first-order valence-corrected chi connectivity index (χ1v) is 10.2. The fraction of sp³-hybridized carbons (Fsp3) is 0.250. The number of nitrogens with one attached hydrogen (secondary N) is 1. The average Bonchev–Trinajstić information content (AvgIpc) is 3.33. The quantitative estimate of drug-likeness (QED) is 0.613. The normalized spacial score (nSPS) is 15.0. The number of nitrogens with zero attached hydrogens (tertiary/aromatic N) is 3. The second-order valence-electron chi connectivity index (χ2n) is 7.33. The molecule has 1 aliphatic heterocycles. The third-order valence-electron chi connectivity index (χ3n) is 5.13. The van der Waals surface area contributed by atoms with E-state index in [1.165, 1.54) is 0 Å². The van der Waals surface area contributed by atoms with Crippen molar-refractivity contribution in [2.24, 2.45) is 5.16 Å². The highest BCUT2D eigenvalue weighted by Crippen LogP contribution is 2.30. The van der Waals surface area contributed by atoms with E-state index in [9.17, 15) is 4.79 Å². The van der Waals surface area contributed by atoms with Crippen molar-refractivity contribution in [2.75, 3.05) is 14.2 Å². The zero-order chi connectivity index (χ0) is 22.5. The van der Waals surface area contributed by atoms with Crippen molar-refractivity contribution in [1.29, 1.82) is 0 Å². The molecule has 0 bridgehead atoms. The monoisotopic (exact) mass is 432 g/mol. The summed E-state index contributed by atoms with van der Waals surface area (Å²) >= 11 is 0. The maximum Gasteiger partial charge on any atom is 0.270 e. The number of hydrogen-bond donors (Lipinski definition) is 1. The second kappa shape index (κ2) is 9.47. The van der Waals surface area contributed by atoms with Crippen molar-refractivity contribution in [2.45, 2.75) is 26.0 Å². The fourth-order valence-electron chi connectivity index (χ4n) is 3.37. The number of hydrogen-bond acceptors (Lipinski definition) is 7. The molecule has 1 amide bonds. The van der Waals surface area contributed by atoms with Crippen LogP contribution in [-0.4, -0.2) is 35.8 Å². The number of amides is 1. The molecule has 4 rings (SSSR count). The molecule has 2 heterocycles. The molecule has 0 saturated carbocycles. The van der Waals surface area contributed by atoms with Crippen molar-refractivity contribution >= 4 is 11.6 Å². The van der Waals surface area contributed by atoms with Crippen LogP contribution in [0.1, 0.15) is 45.7 Å². The first-order chi connectivity index (χ1) is 15.6. The highest BCUT2D eigenvalue weighted by Gasteiger charge is 2.26. The summed E-state index contributed by atoms with van der Waals surface area (Å²) in [6, 6.07) is 16.8. The van der Waals surface area contributed by atoms with Gasteiger partial charge in [-0.1, -0.05) is 29.4 Å². The van der Waals surface area contributed by atoms with Gasteiger partial charge in [0, 0.05) is 13.0 Å². The predicted octanol–water partition coefficient (Wildman–Crippen LogP) is 3.60. The van der Waals surface area contributed by atoms with Gasteiger partial charge in [0.1, 0.15) is 28.7 Å². The van der Waals surface area contributed by atoms with Gasteiger partial charge in [-0.2, -0.15) is 0 Å². The Morgan fingerprint density at radius 1 is 1.03 bits per heavy atom. The molecular weight excluding hydrogens is 408 g/mol. The van der Waals surface area contributed by atoms with Gasteiger partial charge in [0.05, 0.1) is 19.9 Å². The number of rotatable bonds is 7. The minimum atomic E-state index is -0.279. The molecule has 1 atom stereocenters. The van der Waals surface area contributed by atoms with Crippen LogP contribution >= 0.6 is 0 Å². The molecule has 0 aliphatic carbocycles. The highest BCUT2D eigenvalue weighted by molar-refractivity contribution is 6.02. The van der Waals surface area contributed by atoms with Crippen molar-refractivity contribution in [3.63, 3.8) is 0 Å². The van der Waals surface area contributed by atoms with E-state index in [2.05, 4.69) is 20.4 Å². The van der Waals surface area contributed by atoms with Crippen molar-refractivity contribution in [3.05, 3.63) is 82.9 Å². The summed E-state index contributed by atoms with van der Waals surface area (Å²) in [6.45, 7) is 2.13. The van der Waals surface area contributed by atoms with Gasteiger partial charge < -0.3 is 19.6 Å². The number of ether oxygens (including phenoxy) is 2. The van der Waals surface area contributed by atoms with E-state index in [-0.39, 0.29) is 17.7 Å². The van der Waals surface area contributed by atoms with Gasteiger partial charge in [-0.3, -0.25) is 4.79 Å². The van der Waals surface area contributed by atoms with Gasteiger partial charge in [0.2, 0.25) is 0 Å². The largest absolute Gasteiger partial charge is 0.497 e. The van der Waals surface area contributed by atoms with Crippen LogP contribution in [-0.2, 0) is 11.4 Å². The van der Waals surface area contributed by atoms with Gasteiger partial charge in [0.25, 0.3) is 5.91 Å². The first kappa shape index (κ1) is 21.3. The van der Waals surface area contributed by atoms with E-state index < -0.39 is 0 Å². The molecule has 3 aromatic rings. The topological polar surface area (TPSA) is 94.9 Å². The molecule has 8 heteroatoms. The van der Waals surface area contributed by atoms with Gasteiger partial charge in [-0.05, 0) is 48.4 Å². The Hall–Kier alpha value is -3.94.